The number of furan rings is 1. The van der Waals surface area contributed by atoms with Crippen molar-refractivity contribution in [1.29, 1.82) is 0 Å². The Kier molecular flexibility index (Phi) is 6.75. The standard InChI is InChI=1S/C24H20ClN3O5/c1-31-24(30)16-6-8-18(9-7-16)32-15-19-10-11-21(33-19)23(29)26-22-12-13-28(27-22)14-17-4-2-3-5-20(17)25/h2-13H,14-15H2,1H3,(H,26,27,29). The second kappa shape index (κ2) is 10.1. The van der Waals surface area contributed by atoms with E-state index >= 15 is 0 Å². The Bertz CT molecular complexity index is 1260. The maximum absolute atomic E-state index is 12.5. The van der Waals surface area contributed by atoms with Crippen LogP contribution in [0.2, 0.25) is 5.02 Å². The summed E-state index contributed by atoms with van der Waals surface area (Å²) >= 11 is 6.19. The average Bonchev–Trinajstić information content (AvgIpc) is 3.49. The Balaban J connectivity index is 1.31. The van der Waals surface area contributed by atoms with Crippen molar-refractivity contribution in [3.8, 4) is 5.75 Å². The second-order valence-corrected chi connectivity index (χ2v) is 7.42. The first-order chi connectivity index (χ1) is 16.0. The van der Waals surface area contributed by atoms with Gasteiger partial charge in [-0.25, -0.2) is 4.79 Å². The first-order valence-corrected chi connectivity index (χ1v) is 10.4. The number of hydrogen-bond acceptors (Lipinski definition) is 6. The molecule has 0 fully saturated rings. The quantitative estimate of drug-likeness (QED) is 0.376. The molecule has 8 nitrogen and oxygen atoms in total. The summed E-state index contributed by atoms with van der Waals surface area (Å²) in [4.78, 5) is 24.0. The molecule has 2 aromatic heterocycles. The number of hydrogen-bond donors (Lipinski definition) is 1. The maximum atomic E-state index is 12.5. The van der Waals surface area contributed by atoms with E-state index in [2.05, 4.69) is 15.2 Å². The van der Waals surface area contributed by atoms with Crippen LogP contribution in [-0.2, 0) is 17.9 Å². The van der Waals surface area contributed by atoms with Gasteiger partial charge in [0.15, 0.2) is 11.6 Å². The van der Waals surface area contributed by atoms with Gasteiger partial charge in [0.2, 0.25) is 0 Å². The van der Waals surface area contributed by atoms with Crippen molar-refractivity contribution in [1.82, 2.24) is 9.78 Å². The van der Waals surface area contributed by atoms with E-state index in [1.165, 1.54) is 7.11 Å². The zero-order valence-corrected chi connectivity index (χ0v) is 18.4. The maximum Gasteiger partial charge on any atom is 0.337 e. The molecule has 0 aliphatic carbocycles. The molecular formula is C24H20ClN3O5. The van der Waals surface area contributed by atoms with E-state index in [9.17, 15) is 9.59 Å². The van der Waals surface area contributed by atoms with Gasteiger partial charge in [0.1, 0.15) is 18.1 Å². The fourth-order valence-corrected chi connectivity index (χ4v) is 3.23. The first kappa shape index (κ1) is 22.2. The van der Waals surface area contributed by atoms with Gasteiger partial charge in [-0.15, -0.1) is 0 Å². The molecule has 0 unspecified atom stereocenters. The number of methoxy groups -OCH3 is 1. The van der Waals surface area contributed by atoms with Crippen LogP contribution in [0.3, 0.4) is 0 Å². The van der Waals surface area contributed by atoms with E-state index in [4.69, 9.17) is 20.8 Å². The molecule has 2 heterocycles. The molecule has 1 amide bonds. The molecule has 0 saturated heterocycles. The summed E-state index contributed by atoms with van der Waals surface area (Å²) in [7, 11) is 1.32. The third kappa shape index (κ3) is 5.61. The molecule has 4 aromatic rings. The van der Waals surface area contributed by atoms with Crippen molar-refractivity contribution in [2.24, 2.45) is 0 Å². The molecule has 0 radical (unpaired) electrons. The van der Waals surface area contributed by atoms with Crippen molar-refractivity contribution in [2.75, 3.05) is 12.4 Å². The third-order valence-electron chi connectivity index (χ3n) is 4.71. The fourth-order valence-electron chi connectivity index (χ4n) is 3.03. The summed E-state index contributed by atoms with van der Waals surface area (Å²) < 4.78 is 17.6. The van der Waals surface area contributed by atoms with E-state index in [-0.39, 0.29) is 12.4 Å². The van der Waals surface area contributed by atoms with Gasteiger partial charge in [-0.1, -0.05) is 29.8 Å². The predicted molar refractivity (Wildman–Crippen MR) is 122 cm³/mol. The topological polar surface area (TPSA) is 95.6 Å². The molecule has 33 heavy (non-hydrogen) atoms. The minimum absolute atomic E-state index is 0.122. The van der Waals surface area contributed by atoms with Crippen LogP contribution in [0.15, 0.2) is 77.3 Å². The third-order valence-corrected chi connectivity index (χ3v) is 5.08. The monoisotopic (exact) mass is 465 g/mol. The number of benzene rings is 2. The Morgan fingerprint density at radius 2 is 1.85 bits per heavy atom. The van der Waals surface area contributed by atoms with Gasteiger partial charge in [0.25, 0.3) is 5.91 Å². The first-order valence-electron chi connectivity index (χ1n) is 10.00. The summed E-state index contributed by atoms with van der Waals surface area (Å²) in [6.07, 6.45) is 1.76. The van der Waals surface area contributed by atoms with Crippen molar-refractivity contribution < 1.29 is 23.5 Å². The molecule has 0 aliphatic heterocycles. The highest BCUT2D eigenvalue weighted by atomic mass is 35.5. The number of carbonyl (C=O) groups is 2. The van der Waals surface area contributed by atoms with Gasteiger partial charge in [-0.3, -0.25) is 9.48 Å². The average molecular weight is 466 g/mol. The number of anilines is 1. The minimum atomic E-state index is -0.424. The lowest BCUT2D eigenvalue weighted by Crippen LogP contribution is -2.12. The number of ether oxygens (including phenoxy) is 2. The Morgan fingerprint density at radius 3 is 2.61 bits per heavy atom. The Morgan fingerprint density at radius 1 is 1.06 bits per heavy atom. The van der Waals surface area contributed by atoms with Crippen LogP contribution in [0.5, 0.6) is 5.75 Å². The predicted octanol–water partition coefficient (Wildman–Crippen LogP) is 4.80. The van der Waals surface area contributed by atoms with Gasteiger partial charge < -0.3 is 19.2 Å². The number of esters is 1. The summed E-state index contributed by atoms with van der Waals surface area (Å²) in [5, 5.41) is 7.71. The largest absolute Gasteiger partial charge is 0.486 e. The smallest absolute Gasteiger partial charge is 0.337 e. The Labute approximate surface area is 194 Å². The summed E-state index contributed by atoms with van der Waals surface area (Å²) in [6.45, 7) is 0.607. The van der Waals surface area contributed by atoms with E-state index in [0.717, 1.165) is 5.56 Å². The van der Waals surface area contributed by atoms with Crippen LogP contribution in [0.1, 0.15) is 32.2 Å². The van der Waals surface area contributed by atoms with E-state index in [1.807, 2.05) is 24.3 Å². The molecule has 0 spiro atoms. The number of nitrogens with one attached hydrogen (secondary N) is 1. The zero-order chi connectivity index (χ0) is 23.2. The van der Waals surface area contributed by atoms with Crippen LogP contribution in [0.4, 0.5) is 5.82 Å². The van der Waals surface area contributed by atoms with Crippen molar-refractivity contribution in [3.05, 3.63) is 101 Å². The van der Waals surface area contributed by atoms with E-state index < -0.39 is 11.9 Å². The van der Waals surface area contributed by atoms with Crippen molar-refractivity contribution in [2.45, 2.75) is 13.2 Å². The number of nitrogens with zero attached hydrogens (tertiary/aromatic N) is 2. The molecule has 0 atom stereocenters. The van der Waals surface area contributed by atoms with Gasteiger partial charge in [0, 0.05) is 17.3 Å². The highest BCUT2D eigenvalue weighted by Gasteiger charge is 2.14. The number of amides is 1. The fraction of sp³-hybridized carbons (Fsp3) is 0.125. The van der Waals surface area contributed by atoms with Crippen LogP contribution in [0, 0.1) is 0 Å². The number of aromatic nitrogens is 2. The lowest BCUT2D eigenvalue weighted by molar-refractivity contribution is 0.0600. The van der Waals surface area contributed by atoms with Crippen LogP contribution in [-0.4, -0.2) is 28.8 Å². The van der Waals surface area contributed by atoms with Crippen molar-refractivity contribution in [3.63, 3.8) is 0 Å². The number of rotatable bonds is 8. The number of halogens is 1. The van der Waals surface area contributed by atoms with E-state index in [1.54, 1.807) is 53.3 Å². The van der Waals surface area contributed by atoms with Gasteiger partial charge in [0.05, 0.1) is 19.2 Å². The molecule has 168 valence electrons. The molecule has 0 saturated carbocycles. The molecular weight excluding hydrogens is 446 g/mol. The van der Waals surface area contributed by atoms with Crippen LogP contribution < -0.4 is 10.1 Å². The minimum Gasteiger partial charge on any atom is -0.486 e. The van der Waals surface area contributed by atoms with Crippen LogP contribution in [0.25, 0.3) is 0 Å². The molecule has 9 heteroatoms. The second-order valence-electron chi connectivity index (χ2n) is 7.01. The highest BCUT2D eigenvalue weighted by Crippen LogP contribution is 2.18. The van der Waals surface area contributed by atoms with Crippen molar-refractivity contribution >= 4 is 29.3 Å². The van der Waals surface area contributed by atoms with E-state index in [0.29, 0.717) is 34.5 Å². The number of carbonyl (C=O) groups excluding carboxylic acids is 2. The highest BCUT2D eigenvalue weighted by molar-refractivity contribution is 6.31. The normalized spacial score (nSPS) is 10.6. The van der Waals surface area contributed by atoms with Crippen LogP contribution >= 0.6 is 11.6 Å². The summed E-state index contributed by atoms with van der Waals surface area (Å²) in [6, 6.07) is 18.9. The molecule has 1 N–H and O–H groups in total. The summed E-state index contributed by atoms with van der Waals surface area (Å²) in [5.74, 6) is 0.710. The molecule has 4 rings (SSSR count). The lowest BCUT2D eigenvalue weighted by Gasteiger charge is -2.05. The molecule has 2 aromatic carbocycles. The van der Waals surface area contributed by atoms with Gasteiger partial charge >= 0.3 is 5.97 Å². The molecule has 0 aliphatic rings. The SMILES string of the molecule is COC(=O)c1ccc(OCc2ccc(C(=O)Nc3ccn(Cc4ccccc4Cl)n3)o2)cc1. The zero-order valence-electron chi connectivity index (χ0n) is 17.7. The Hall–Kier alpha value is -4.04. The summed E-state index contributed by atoms with van der Waals surface area (Å²) in [5.41, 5.74) is 1.35. The lowest BCUT2D eigenvalue weighted by atomic mass is 10.2. The van der Waals surface area contributed by atoms with Gasteiger partial charge in [-0.05, 0) is 48.0 Å². The van der Waals surface area contributed by atoms with Gasteiger partial charge in [-0.2, -0.15) is 5.10 Å². The molecule has 0 bridgehead atoms.